The fraction of sp³-hybridized carbons (Fsp3) is 0.417. The highest BCUT2D eigenvalue weighted by Crippen LogP contribution is 2.11. The molecule has 0 aromatic carbocycles. The molecular formula is C12H19Cl3N3O2S+. The number of hydrogen-bond acceptors (Lipinski definition) is 4. The lowest BCUT2D eigenvalue weighted by Crippen LogP contribution is -2.37. The predicted octanol–water partition coefficient (Wildman–Crippen LogP) is 1.58. The van der Waals surface area contributed by atoms with Crippen LogP contribution in [-0.4, -0.2) is 21.7 Å². The topological polar surface area (TPSA) is 69.9 Å². The monoisotopic (exact) mass is 374 g/mol. The van der Waals surface area contributed by atoms with E-state index in [4.69, 9.17) is 5.11 Å². The molecule has 0 atom stereocenters. The largest absolute Gasteiger partial charge is 0.396 e. The van der Waals surface area contributed by atoms with Crippen LogP contribution >= 0.6 is 48.6 Å². The zero-order chi connectivity index (χ0) is 13.1. The molecule has 0 amide bonds. The van der Waals surface area contributed by atoms with E-state index in [2.05, 4.69) is 9.97 Å². The zero-order valence-electron chi connectivity index (χ0n) is 11.7. The minimum atomic E-state index is -0.0932. The standard InChI is InChI=1S/C12H15N3O2S.3ClH/c1-8-11(3-4-16)18-7-15(8)6-10-5-13-9(2)14-12(10)17;;;/h5,7,16H,3-4,6H2,1-2H3;3*1H/p+1. The van der Waals surface area contributed by atoms with Crippen molar-refractivity contribution in [2.75, 3.05) is 6.61 Å². The molecule has 2 aromatic heterocycles. The molecule has 0 spiro atoms. The molecule has 0 unspecified atom stereocenters. The Hall–Kier alpha value is -0.660. The predicted molar refractivity (Wildman–Crippen MR) is 90.5 cm³/mol. The lowest BCUT2D eigenvalue weighted by atomic mass is 10.3. The first-order valence-corrected chi connectivity index (χ1v) is 6.62. The maximum atomic E-state index is 11.7. The van der Waals surface area contributed by atoms with Crippen molar-refractivity contribution >= 4 is 48.6 Å². The molecule has 0 aliphatic heterocycles. The highest BCUT2D eigenvalue weighted by atomic mass is 35.5. The number of hydrogen-bond donors (Lipinski definition) is 2. The van der Waals surface area contributed by atoms with E-state index in [-0.39, 0.29) is 49.4 Å². The molecule has 5 nitrogen and oxygen atoms in total. The van der Waals surface area contributed by atoms with Gasteiger partial charge in [0.2, 0.25) is 5.51 Å². The van der Waals surface area contributed by atoms with E-state index < -0.39 is 0 Å². The molecule has 0 radical (unpaired) electrons. The van der Waals surface area contributed by atoms with E-state index in [1.165, 1.54) is 0 Å². The molecule has 0 fully saturated rings. The maximum absolute atomic E-state index is 11.7. The Labute approximate surface area is 145 Å². The Morgan fingerprint density at radius 3 is 2.57 bits per heavy atom. The van der Waals surface area contributed by atoms with E-state index in [0.29, 0.717) is 24.4 Å². The quantitative estimate of drug-likeness (QED) is 0.797. The average molecular weight is 376 g/mol. The SMILES string of the molecule is Cc1ncc(C[n+]2csc(CCO)c2C)c(=O)[nH]1.Cl.Cl.Cl. The van der Waals surface area contributed by atoms with Crippen LogP contribution in [0, 0.1) is 13.8 Å². The van der Waals surface area contributed by atoms with Crippen molar-refractivity contribution in [1.82, 2.24) is 9.97 Å². The van der Waals surface area contributed by atoms with Crippen molar-refractivity contribution in [1.29, 1.82) is 0 Å². The van der Waals surface area contributed by atoms with Gasteiger partial charge in [0.15, 0.2) is 12.2 Å². The van der Waals surface area contributed by atoms with Crippen LogP contribution in [0.25, 0.3) is 0 Å². The molecule has 0 aliphatic rings. The molecule has 9 heteroatoms. The van der Waals surface area contributed by atoms with E-state index >= 15 is 0 Å². The Bertz CT molecular complexity index is 616. The summed E-state index contributed by atoms with van der Waals surface area (Å²) in [5.74, 6) is 0.622. The molecule has 2 heterocycles. The fourth-order valence-electron chi connectivity index (χ4n) is 1.76. The van der Waals surface area contributed by atoms with E-state index in [1.807, 2.05) is 17.0 Å². The van der Waals surface area contributed by atoms with Gasteiger partial charge >= 0.3 is 0 Å². The number of H-pyrrole nitrogens is 1. The van der Waals surface area contributed by atoms with Crippen LogP contribution in [-0.2, 0) is 13.0 Å². The molecule has 2 aromatic rings. The summed E-state index contributed by atoms with van der Waals surface area (Å²) in [6.07, 6.45) is 2.27. The van der Waals surface area contributed by atoms with Crippen LogP contribution in [0.5, 0.6) is 0 Å². The maximum Gasteiger partial charge on any atom is 0.260 e. The van der Waals surface area contributed by atoms with Crippen LogP contribution in [0.15, 0.2) is 16.5 Å². The van der Waals surface area contributed by atoms with Crippen LogP contribution in [0.1, 0.15) is 22.0 Å². The summed E-state index contributed by atoms with van der Waals surface area (Å²) in [6, 6.07) is 0. The van der Waals surface area contributed by atoms with E-state index in [0.717, 1.165) is 10.6 Å². The van der Waals surface area contributed by atoms with Gasteiger partial charge in [-0.05, 0) is 6.92 Å². The number of nitrogens with one attached hydrogen (secondary N) is 1. The van der Waals surface area contributed by atoms with Crippen molar-refractivity contribution in [2.24, 2.45) is 0 Å². The molecule has 2 rings (SSSR count). The number of aromatic nitrogens is 3. The van der Waals surface area contributed by atoms with Crippen molar-refractivity contribution in [2.45, 2.75) is 26.8 Å². The van der Waals surface area contributed by atoms with Gasteiger partial charge in [0.05, 0.1) is 4.88 Å². The summed E-state index contributed by atoms with van der Waals surface area (Å²) < 4.78 is 2.01. The van der Waals surface area contributed by atoms with Gasteiger partial charge < -0.3 is 10.1 Å². The number of aliphatic hydroxyl groups is 1. The number of aryl methyl sites for hydroxylation is 1. The number of aliphatic hydroxyl groups excluding tert-OH is 1. The third-order valence-electron chi connectivity index (χ3n) is 2.84. The summed E-state index contributed by atoms with van der Waals surface area (Å²) in [5.41, 5.74) is 3.61. The van der Waals surface area contributed by atoms with E-state index in [1.54, 1.807) is 24.5 Å². The molecule has 0 bridgehead atoms. The lowest BCUT2D eigenvalue weighted by molar-refractivity contribution is -0.689. The van der Waals surface area contributed by atoms with Crippen molar-refractivity contribution in [3.8, 4) is 0 Å². The van der Waals surface area contributed by atoms with Gasteiger partial charge in [0, 0.05) is 26.1 Å². The third kappa shape index (κ3) is 5.56. The summed E-state index contributed by atoms with van der Waals surface area (Å²) in [5, 5.41) is 8.95. The first-order chi connectivity index (χ1) is 8.61. The molecule has 0 saturated carbocycles. The minimum Gasteiger partial charge on any atom is -0.396 e. The molecule has 2 N–H and O–H groups in total. The van der Waals surface area contributed by atoms with Gasteiger partial charge in [-0.25, -0.2) is 4.98 Å². The number of aromatic amines is 1. The van der Waals surface area contributed by atoms with Crippen LogP contribution in [0.3, 0.4) is 0 Å². The second-order valence-corrected chi connectivity index (χ2v) is 5.10. The summed E-state index contributed by atoms with van der Waals surface area (Å²) in [4.78, 5) is 19.7. The molecule has 0 aliphatic carbocycles. The second-order valence-electron chi connectivity index (χ2n) is 4.16. The van der Waals surface area contributed by atoms with Crippen LogP contribution < -0.4 is 10.1 Å². The first-order valence-electron chi connectivity index (χ1n) is 5.74. The van der Waals surface area contributed by atoms with E-state index in [9.17, 15) is 4.79 Å². The Balaban J connectivity index is 0. The van der Waals surface area contributed by atoms with Gasteiger partial charge in [0.25, 0.3) is 5.56 Å². The Kier molecular flexibility index (Phi) is 10.9. The highest BCUT2D eigenvalue weighted by Gasteiger charge is 2.16. The normalized spacial score (nSPS) is 9.29. The first kappa shape index (κ1) is 22.6. The Morgan fingerprint density at radius 1 is 1.33 bits per heavy atom. The minimum absolute atomic E-state index is 0. The smallest absolute Gasteiger partial charge is 0.260 e. The number of nitrogens with zero attached hydrogens (tertiary/aromatic N) is 2. The molecule has 120 valence electrons. The molecule has 21 heavy (non-hydrogen) atoms. The van der Waals surface area contributed by atoms with Gasteiger partial charge in [-0.3, -0.25) is 4.79 Å². The summed E-state index contributed by atoms with van der Waals surface area (Å²) in [7, 11) is 0. The zero-order valence-corrected chi connectivity index (χ0v) is 14.9. The number of rotatable bonds is 4. The van der Waals surface area contributed by atoms with Crippen molar-refractivity contribution < 1.29 is 9.67 Å². The van der Waals surface area contributed by atoms with Crippen LogP contribution in [0.4, 0.5) is 0 Å². The summed E-state index contributed by atoms with van der Waals surface area (Å²) in [6.45, 7) is 4.41. The Morgan fingerprint density at radius 2 is 2.00 bits per heavy atom. The summed E-state index contributed by atoms with van der Waals surface area (Å²) >= 11 is 1.60. The number of halogens is 3. The van der Waals surface area contributed by atoms with Crippen molar-refractivity contribution in [3.05, 3.63) is 44.0 Å². The average Bonchev–Trinajstić information content (AvgIpc) is 2.66. The number of thiazole rings is 1. The van der Waals surface area contributed by atoms with Gasteiger partial charge in [-0.15, -0.1) is 37.2 Å². The van der Waals surface area contributed by atoms with Crippen molar-refractivity contribution in [3.63, 3.8) is 0 Å². The second kappa shape index (κ2) is 10.1. The molecule has 0 saturated heterocycles. The van der Waals surface area contributed by atoms with Gasteiger partial charge in [-0.2, -0.15) is 4.57 Å². The van der Waals surface area contributed by atoms with Gasteiger partial charge in [-0.1, -0.05) is 11.3 Å². The lowest BCUT2D eigenvalue weighted by Gasteiger charge is -1.97. The highest BCUT2D eigenvalue weighted by molar-refractivity contribution is 7.09. The molecular weight excluding hydrogens is 357 g/mol. The fourth-order valence-corrected chi connectivity index (χ4v) is 2.74. The third-order valence-corrected chi connectivity index (χ3v) is 3.98. The van der Waals surface area contributed by atoms with Gasteiger partial charge in [0.1, 0.15) is 11.4 Å². The van der Waals surface area contributed by atoms with Crippen LogP contribution in [0.2, 0.25) is 0 Å².